The Hall–Kier alpha value is -2.20. The van der Waals surface area contributed by atoms with E-state index < -0.39 is 5.41 Å². The van der Waals surface area contributed by atoms with Crippen LogP contribution in [0.1, 0.15) is 32.3 Å². The maximum atomic E-state index is 12.6. The normalized spacial score (nSPS) is 10.7. The van der Waals surface area contributed by atoms with E-state index in [1.165, 1.54) is 5.56 Å². The molecule has 1 amide bonds. The van der Waals surface area contributed by atoms with Gasteiger partial charge in [0.2, 0.25) is 5.91 Å². The lowest BCUT2D eigenvalue weighted by atomic mass is 9.85. The quantitative estimate of drug-likeness (QED) is 0.702. The number of nitrogen functional groups attached to an aromatic ring is 1. The maximum absolute atomic E-state index is 12.6. The van der Waals surface area contributed by atoms with Crippen molar-refractivity contribution >= 4 is 29.7 Å². The highest BCUT2D eigenvalue weighted by Crippen LogP contribution is 2.28. The summed E-state index contributed by atoms with van der Waals surface area (Å²) in [5.74, 6) is 0.607. The van der Waals surface area contributed by atoms with Crippen LogP contribution in [0, 0.1) is 5.41 Å². The number of aryl methyl sites for hydroxylation is 1. The van der Waals surface area contributed by atoms with Crippen LogP contribution in [0.15, 0.2) is 48.5 Å². The molecule has 0 unspecified atom stereocenters. The van der Waals surface area contributed by atoms with Gasteiger partial charge in [-0.05, 0) is 43.0 Å². The summed E-state index contributed by atoms with van der Waals surface area (Å²) < 4.78 is 5.13. The molecule has 0 spiro atoms. The minimum Gasteiger partial charge on any atom is -0.495 e. The molecule has 2 aromatic rings. The molecule has 0 radical (unpaired) electrons. The summed E-state index contributed by atoms with van der Waals surface area (Å²) in [4.78, 5) is 12.6. The maximum Gasteiger partial charge on any atom is 0.230 e. The van der Waals surface area contributed by atoms with Crippen molar-refractivity contribution in [2.45, 2.75) is 33.1 Å². The first-order valence-corrected chi connectivity index (χ1v) is 8.21. The van der Waals surface area contributed by atoms with Crippen LogP contribution in [0.2, 0.25) is 0 Å². The molecule has 0 aliphatic heterocycles. The van der Waals surface area contributed by atoms with Crippen LogP contribution < -0.4 is 15.8 Å². The van der Waals surface area contributed by atoms with E-state index in [9.17, 15) is 4.79 Å². The van der Waals surface area contributed by atoms with Crippen molar-refractivity contribution in [3.8, 4) is 5.75 Å². The highest BCUT2D eigenvalue weighted by atomic mass is 35.5. The number of anilines is 2. The lowest BCUT2D eigenvalue weighted by Gasteiger charge is -2.24. The molecular formula is C20H27ClN2O2. The molecule has 0 aliphatic carbocycles. The molecule has 0 fully saturated rings. The zero-order valence-electron chi connectivity index (χ0n) is 15.0. The third-order valence-corrected chi connectivity index (χ3v) is 4.21. The number of halogens is 1. The summed E-state index contributed by atoms with van der Waals surface area (Å²) in [6.45, 7) is 3.94. The zero-order valence-corrected chi connectivity index (χ0v) is 15.9. The van der Waals surface area contributed by atoms with E-state index in [0.717, 1.165) is 19.3 Å². The number of hydrogen-bond acceptors (Lipinski definition) is 3. The van der Waals surface area contributed by atoms with E-state index >= 15 is 0 Å². The van der Waals surface area contributed by atoms with Crippen LogP contribution in [0.25, 0.3) is 0 Å². The Balaban J connectivity index is 0.00000312. The average Bonchev–Trinajstić information content (AvgIpc) is 2.56. The molecule has 0 aromatic heterocycles. The third-order valence-electron chi connectivity index (χ3n) is 4.21. The molecular weight excluding hydrogens is 336 g/mol. The number of nitrogens with two attached hydrogens (primary N) is 1. The van der Waals surface area contributed by atoms with Gasteiger partial charge in [-0.2, -0.15) is 0 Å². The molecule has 0 heterocycles. The standard InChI is InChI=1S/C20H26N2O2.ClH/c1-20(2,13-7-10-15-8-5-4-6-9-15)19(23)22-16-11-12-18(24-3)17(21)14-16;/h4-6,8-9,11-12,14H,7,10,13,21H2,1-3H3,(H,22,23);1H. The van der Waals surface area contributed by atoms with Gasteiger partial charge in [-0.3, -0.25) is 4.79 Å². The molecule has 0 saturated carbocycles. The summed E-state index contributed by atoms with van der Waals surface area (Å²) in [5.41, 5.74) is 7.95. The Kier molecular flexibility index (Phi) is 7.78. The van der Waals surface area contributed by atoms with E-state index in [-0.39, 0.29) is 18.3 Å². The van der Waals surface area contributed by atoms with Crippen molar-refractivity contribution < 1.29 is 9.53 Å². The monoisotopic (exact) mass is 362 g/mol. The SMILES string of the molecule is COc1ccc(NC(=O)C(C)(C)CCCc2ccccc2)cc1N.Cl. The van der Waals surface area contributed by atoms with Gasteiger partial charge in [0.15, 0.2) is 0 Å². The Labute approximate surface area is 156 Å². The topological polar surface area (TPSA) is 64.3 Å². The second-order valence-electron chi connectivity index (χ2n) is 6.63. The van der Waals surface area contributed by atoms with E-state index in [1.807, 2.05) is 32.0 Å². The number of methoxy groups -OCH3 is 1. The molecule has 0 saturated heterocycles. The molecule has 2 rings (SSSR count). The van der Waals surface area contributed by atoms with Gasteiger partial charge in [-0.25, -0.2) is 0 Å². The number of amides is 1. The lowest BCUT2D eigenvalue weighted by Crippen LogP contribution is -2.30. The van der Waals surface area contributed by atoms with Crippen LogP contribution in [-0.4, -0.2) is 13.0 Å². The van der Waals surface area contributed by atoms with E-state index in [1.54, 1.807) is 25.3 Å². The predicted molar refractivity (Wildman–Crippen MR) is 106 cm³/mol. The van der Waals surface area contributed by atoms with Crippen molar-refractivity contribution in [2.24, 2.45) is 5.41 Å². The largest absolute Gasteiger partial charge is 0.495 e. The van der Waals surface area contributed by atoms with Crippen molar-refractivity contribution in [2.75, 3.05) is 18.2 Å². The lowest BCUT2D eigenvalue weighted by molar-refractivity contribution is -0.124. The zero-order chi connectivity index (χ0) is 17.6. The number of ether oxygens (including phenoxy) is 1. The second-order valence-corrected chi connectivity index (χ2v) is 6.63. The second kappa shape index (κ2) is 9.33. The van der Waals surface area contributed by atoms with Gasteiger partial charge in [-0.15, -0.1) is 12.4 Å². The van der Waals surface area contributed by atoms with Gasteiger partial charge < -0.3 is 15.8 Å². The highest BCUT2D eigenvalue weighted by Gasteiger charge is 2.27. The fourth-order valence-corrected chi connectivity index (χ4v) is 2.61. The number of carbonyl (C=O) groups excluding carboxylic acids is 1. The van der Waals surface area contributed by atoms with Gasteiger partial charge in [0.25, 0.3) is 0 Å². The van der Waals surface area contributed by atoms with Crippen LogP contribution in [0.3, 0.4) is 0 Å². The minimum absolute atomic E-state index is 0. The van der Waals surface area contributed by atoms with Crippen molar-refractivity contribution in [1.82, 2.24) is 0 Å². The number of carbonyl (C=O) groups is 1. The number of hydrogen-bond donors (Lipinski definition) is 2. The summed E-state index contributed by atoms with van der Waals surface area (Å²) in [6, 6.07) is 15.6. The van der Waals surface area contributed by atoms with Crippen LogP contribution in [-0.2, 0) is 11.2 Å². The van der Waals surface area contributed by atoms with Crippen LogP contribution in [0.5, 0.6) is 5.75 Å². The Morgan fingerprint density at radius 2 is 1.84 bits per heavy atom. The predicted octanol–water partition coefficient (Wildman–Crippen LogP) is 4.69. The van der Waals surface area contributed by atoms with Gasteiger partial charge in [0, 0.05) is 11.1 Å². The molecule has 136 valence electrons. The van der Waals surface area contributed by atoms with Crippen LogP contribution in [0.4, 0.5) is 11.4 Å². The molecule has 0 aliphatic rings. The molecule has 25 heavy (non-hydrogen) atoms. The Morgan fingerprint density at radius 1 is 1.16 bits per heavy atom. The van der Waals surface area contributed by atoms with E-state index in [0.29, 0.717) is 17.1 Å². The highest BCUT2D eigenvalue weighted by molar-refractivity contribution is 5.95. The van der Waals surface area contributed by atoms with Gasteiger partial charge in [0.1, 0.15) is 5.75 Å². The van der Waals surface area contributed by atoms with Gasteiger partial charge in [-0.1, -0.05) is 44.2 Å². The fourth-order valence-electron chi connectivity index (χ4n) is 2.61. The fraction of sp³-hybridized carbons (Fsp3) is 0.350. The van der Waals surface area contributed by atoms with Gasteiger partial charge >= 0.3 is 0 Å². The number of nitrogens with one attached hydrogen (secondary N) is 1. The number of rotatable bonds is 7. The minimum atomic E-state index is -0.441. The molecule has 3 N–H and O–H groups in total. The molecule has 5 heteroatoms. The first kappa shape index (κ1) is 20.8. The molecule has 4 nitrogen and oxygen atoms in total. The van der Waals surface area contributed by atoms with E-state index in [4.69, 9.17) is 10.5 Å². The number of benzene rings is 2. The summed E-state index contributed by atoms with van der Waals surface area (Å²) >= 11 is 0. The first-order chi connectivity index (χ1) is 11.4. The van der Waals surface area contributed by atoms with Crippen LogP contribution >= 0.6 is 12.4 Å². The Bertz CT molecular complexity index is 687. The smallest absolute Gasteiger partial charge is 0.230 e. The molecule has 2 aromatic carbocycles. The summed E-state index contributed by atoms with van der Waals surface area (Å²) in [5, 5.41) is 2.95. The van der Waals surface area contributed by atoms with Crippen molar-refractivity contribution in [3.63, 3.8) is 0 Å². The summed E-state index contributed by atoms with van der Waals surface area (Å²) in [6.07, 6.45) is 2.77. The van der Waals surface area contributed by atoms with Crippen molar-refractivity contribution in [3.05, 3.63) is 54.1 Å². The van der Waals surface area contributed by atoms with E-state index in [2.05, 4.69) is 17.4 Å². The summed E-state index contributed by atoms with van der Waals surface area (Å²) in [7, 11) is 1.57. The van der Waals surface area contributed by atoms with Gasteiger partial charge in [0.05, 0.1) is 12.8 Å². The molecule has 0 atom stereocenters. The first-order valence-electron chi connectivity index (χ1n) is 8.21. The average molecular weight is 363 g/mol. The molecule has 0 bridgehead atoms. The van der Waals surface area contributed by atoms with Crippen molar-refractivity contribution in [1.29, 1.82) is 0 Å². The third kappa shape index (κ3) is 5.98. The Morgan fingerprint density at radius 3 is 2.44 bits per heavy atom.